The number of nitrogen functional groups attached to an aromatic ring is 1. The molecule has 0 saturated carbocycles. The fraction of sp³-hybridized carbons (Fsp3) is 0.400. The molecule has 1 aliphatic heterocycles. The van der Waals surface area contributed by atoms with E-state index in [1.807, 2.05) is 13.8 Å². The maximum absolute atomic E-state index is 11.1. The number of anilines is 1. The number of carbonyl (C=O) groups is 1. The summed E-state index contributed by atoms with van der Waals surface area (Å²) in [6.07, 6.45) is 2.14. The number of hydrogen-bond acceptors (Lipinski definition) is 5. The second-order valence-electron chi connectivity index (χ2n) is 4.05. The quantitative estimate of drug-likeness (QED) is 0.714. The van der Waals surface area contributed by atoms with E-state index in [2.05, 4.69) is 15.1 Å². The summed E-state index contributed by atoms with van der Waals surface area (Å²) in [5.74, 6) is -0.0490. The Hall–Kier alpha value is -2.18. The van der Waals surface area contributed by atoms with Crippen molar-refractivity contribution in [2.24, 2.45) is 15.7 Å². The first-order chi connectivity index (χ1) is 7.99. The van der Waals surface area contributed by atoms with Crippen LogP contribution in [0.2, 0.25) is 0 Å². The average Bonchev–Trinajstić information content (AvgIpc) is 2.58. The predicted molar refractivity (Wildman–Crippen MR) is 65.2 cm³/mol. The second-order valence-corrected chi connectivity index (χ2v) is 4.05. The molecule has 0 aromatic carbocycles. The number of primary amides is 1. The normalized spacial score (nSPS) is 19.8. The molecule has 1 aromatic heterocycles. The molecule has 1 aliphatic rings. The lowest BCUT2D eigenvalue weighted by Gasteiger charge is -2.15. The number of aliphatic imine (C=N–C) groups is 2. The number of nitrogens with two attached hydrogens (primary N) is 2. The highest BCUT2D eigenvalue weighted by molar-refractivity contribution is 6.03. The second kappa shape index (κ2) is 4.00. The molecule has 0 saturated heterocycles. The van der Waals surface area contributed by atoms with Crippen LogP contribution < -0.4 is 11.5 Å². The van der Waals surface area contributed by atoms with Gasteiger partial charge >= 0.3 is 0 Å². The molecule has 7 heteroatoms. The molecule has 7 nitrogen and oxygen atoms in total. The Labute approximate surface area is 98.2 Å². The van der Waals surface area contributed by atoms with Crippen LogP contribution in [-0.2, 0) is 0 Å². The molecule has 90 valence electrons. The Kier molecular flexibility index (Phi) is 2.66. The summed E-state index contributed by atoms with van der Waals surface area (Å²) < 4.78 is 1.33. The largest absolute Gasteiger partial charge is 0.383 e. The van der Waals surface area contributed by atoms with Crippen LogP contribution in [0.1, 0.15) is 30.6 Å². The summed E-state index contributed by atoms with van der Waals surface area (Å²) in [5.41, 5.74) is 12.1. The third-order valence-corrected chi connectivity index (χ3v) is 2.48. The fourth-order valence-corrected chi connectivity index (χ4v) is 1.72. The van der Waals surface area contributed by atoms with Crippen molar-refractivity contribution in [3.63, 3.8) is 0 Å². The minimum Gasteiger partial charge on any atom is -0.383 e. The topological polar surface area (TPSA) is 112 Å². The molecule has 2 rings (SSSR count). The Morgan fingerprint density at radius 2 is 2.29 bits per heavy atom. The number of rotatable bonds is 1. The van der Waals surface area contributed by atoms with E-state index < -0.39 is 5.91 Å². The van der Waals surface area contributed by atoms with Gasteiger partial charge in [-0.1, -0.05) is 0 Å². The molecule has 17 heavy (non-hydrogen) atoms. The van der Waals surface area contributed by atoms with E-state index in [9.17, 15) is 4.79 Å². The molecular formula is C10H14N6O. The number of hydrogen-bond donors (Lipinski definition) is 2. The number of amides is 1. The van der Waals surface area contributed by atoms with Gasteiger partial charge in [0.05, 0.1) is 12.2 Å². The van der Waals surface area contributed by atoms with Crippen molar-refractivity contribution in [3.8, 4) is 0 Å². The molecular weight excluding hydrogens is 220 g/mol. The van der Waals surface area contributed by atoms with Crippen molar-refractivity contribution in [1.82, 2.24) is 9.78 Å². The zero-order chi connectivity index (χ0) is 12.6. The van der Waals surface area contributed by atoms with Crippen LogP contribution in [0, 0.1) is 0 Å². The maximum atomic E-state index is 11.1. The number of aromatic nitrogens is 2. The van der Waals surface area contributed by atoms with Crippen LogP contribution in [0.5, 0.6) is 0 Å². The van der Waals surface area contributed by atoms with Gasteiger partial charge in [0.25, 0.3) is 5.91 Å². The maximum Gasteiger partial charge on any atom is 0.254 e. The van der Waals surface area contributed by atoms with Gasteiger partial charge in [0.2, 0.25) is 5.96 Å². The smallest absolute Gasteiger partial charge is 0.254 e. The Morgan fingerprint density at radius 1 is 1.59 bits per heavy atom. The summed E-state index contributed by atoms with van der Waals surface area (Å²) in [4.78, 5) is 19.7. The monoisotopic (exact) mass is 234 g/mol. The van der Waals surface area contributed by atoms with Crippen molar-refractivity contribution in [2.75, 3.05) is 5.73 Å². The van der Waals surface area contributed by atoms with E-state index in [-0.39, 0.29) is 17.4 Å². The van der Waals surface area contributed by atoms with Crippen LogP contribution in [0.4, 0.5) is 5.82 Å². The molecule has 0 bridgehead atoms. The van der Waals surface area contributed by atoms with Crippen LogP contribution in [0.25, 0.3) is 0 Å². The molecule has 4 N–H and O–H groups in total. The highest BCUT2D eigenvalue weighted by Crippen LogP contribution is 2.14. The number of nitrogens with zero attached hydrogens (tertiary/aromatic N) is 4. The third kappa shape index (κ3) is 2.03. The van der Waals surface area contributed by atoms with Gasteiger partial charge < -0.3 is 11.5 Å². The minimum absolute atomic E-state index is 0.128. The molecule has 0 radical (unpaired) electrons. The van der Waals surface area contributed by atoms with Crippen molar-refractivity contribution < 1.29 is 4.79 Å². The zero-order valence-electron chi connectivity index (χ0n) is 9.71. The average molecular weight is 234 g/mol. The van der Waals surface area contributed by atoms with Gasteiger partial charge in [-0.15, -0.1) is 0 Å². The van der Waals surface area contributed by atoms with Crippen LogP contribution in [-0.4, -0.2) is 33.4 Å². The zero-order valence-corrected chi connectivity index (χ0v) is 9.71. The lowest BCUT2D eigenvalue weighted by Crippen LogP contribution is -2.24. The summed E-state index contributed by atoms with van der Waals surface area (Å²) in [6.45, 7) is 3.90. The van der Waals surface area contributed by atoms with Gasteiger partial charge in [-0.3, -0.25) is 4.79 Å². The molecule has 1 aromatic rings. The first-order valence-corrected chi connectivity index (χ1v) is 5.24. The van der Waals surface area contributed by atoms with E-state index in [0.29, 0.717) is 5.96 Å². The molecule has 0 aliphatic carbocycles. The van der Waals surface area contributed by atoms with E-state index in [1.165, 1.54) is 10.9 Å². The van der Waals surface area contributed by atoms with E-state index in [4.69, 9.17) is 11.5 Å². The van der Waals surface area contributed by atoms with E-state index >= 15 is 0 Å². The van der Waals surface area contributed by atoms with Crippen LogP contribution in [0.3, 0.4) is 0 Å². The minimum atomic E-state index is -0.612. The van der Waals surface area contributed by atoms with E-state index in [0.717, 1.165) is 12.1 Å². The molecule has 0 spiro atoms. The molecule has 1 atom stereocenters. The van der Waals surface area contributed by atoms with Crippen molar-refractivity contribution in [3.05, 3.63) is 11.8 Å². The first kappa shape index (κ1) is 11.3. The van der Waals surface area contributed by atoms with Gasteiger partial charge in [0.15, 0.2) is 0 Å². The molecule has 1 amide bonds. The lowest BCUT2D eigenvalue weighted by molar-refractivity contribution is 0.100. The SMILES string of the molecule is CC1=NC(n2ncc(C(N)=O)c2N)=NC(C)C1. The first-order valence-electron chi connectivity index (χ1n) is 5.24. The van der Waals surface area contributed by atoms with Crippen molar-refractivity contribution in [1.29, 1.82) is 0 Å². The van der Waals surface area contributed by atoms with Gasteiger partial charge in [0, 0.05) is 12.1 Å². The number of carbonyl (C=O) groups excluding carboxylic acids is 1. The standard InChI is InChI=1S/C10H14N6O/c1-5-3-6(2)15-10(14-5)16-8(11)7(4-13-16)9(12)17/h4-5H,3,11H2,1-2H3,(H2,12,17). The van der Waals surface area contributed by atoms with Gasteiger partial charge in [-0.05, 0) is 13.8 Å². The summed E-state index contributed by atoms with van der Waals surface area (Å²) >= 11 is 0. The summed E-state index contributed by atoms with van der Waals surface area (Å²) in [7, 11) is 0. The highest BCUT2D eigenvalue weighted by Gasteiger charge is 2.19. The van der Waals surface area contributed by atoms with Gasteiger partial charge in [-0.25, -0.2) is 9.98 Å². The molecule has 0 fully saturated rings. The van der Waals surface area contributed by atoms with Gasteiger partial charge in [0.1, 0.15) is 11.4 Å². The summed E-state index contributed by atoms with van der Waals surface area (Å²) in [5, 5.41) is 3.98. The predicted octanol–water partition coefficient (Wildman–Crippen LogP) is 0.0214. The summed E-state index contributed by atoms with van der Waals surface area (Å²) in [6, 6.07) is 0.128. The molecule has 1 unspecified atom stereocenters. The van der Waals surface area contributed by atoms with E-state index in [1.54, 1.807) is 0 Å². The van der Waals surface area contributed by atoms with Crippen molar-refractivity contribution >= 4 is 23.4 Å². The Morgan fingerprint density at radius 3 is 2.82 bits per heavy atom. The third-order valence-electron chi connectivity index (χ3n) is 2.48. The Bertz CT molecular complexity index is 527. The Balaban J connectivity index is 2.45. The fourth-order valence-electron chi connectivity index (χ4n) is 1.72. The van der Waals surface area contributed by atoms with Crippen molar-refractivity contribution in [2.45, 2.75) is 26.3 Å². The lowest BCUT2D eigenvalue weighted by atomic mass is 10.1. The van der Waals surface area contributed by atoms with Gasteiger partial charge in [-0.2, -0.15) is 9.78 Å². The van der Waals surface area contributed by atoms with Crippen LogP contribution >= 0.6 is 0 Å². The highest BCUT2D eigenvalue weighted by atomic mass is 16.1. The molecule has 2 heterocycles. The van der Waals surface area contributed by atoms with Crippen LogP contribution in [0.15, 0.2) is 16.2 Å².